The monoisotopic (exact) mass is 309 g/mol. The molecule has 1 N–H and O–H groups in total. The van der Waals surface area contributed by atoms with Gasteiger partial charge in [0.1, 0.15) is 5.69 Å². The molecule has 22 heavy (non-hydrogen) atoms. The fraction of sp³-hybridized carbons (Fsp3) is 0.167. The van der Waals surface area contributed by atoms with Gasteiger partial charge in [-0.25, -0.2) is 4.79 Å². The summed E-state index contributed by atoms with van der Waals surface area (Å²) in [4.78, 5) is 11.5. The van der Waals surface area contributed by atoms with E-state index in [-0.39, 0.29) is 0 Å². The highest BCUT2D eigenvalue weighted by atomic mass is 32.1. The Kier molecular flexibility index (Phi) is 2.78. The molecule has 4 heteroatoms. The first-order valence-corrected chi connectivity index (χ1v) is 8.11. The van der Waals surface area contributed by atoms with Crippen LogP contribution in [0.5, 0.6) is 0 Å². The fourth-order valence-electron chi connectivity index (χ4n) is 3.28. The summed E-state index contributed by atoms with van der Waals surface area (Å²) in [6.07, 6.45) is 0. The smallest absolute Gasteiger partial charge is 0.352 e. The number of carboxylic acids is 1. The van der Waals surface area contributed by atoms with Crippen molar-refractivity contribution in [3.8, 4) is 0 Å². The topological polar surface area (TPSA) is 42.2 Å². The highest BCUT2D eigenvalue weighted by molar-refractivity contribution is 7.26. The van der Waals surface area contributed by atoms with Crippen molar-refractivity contribution in [2.45, 2.75) is 20.4 Å². The van der Waals surface area contributed by atoms with E-state index >= 15 is 0 Å². The van der Waals surface area contributed by atoms with Gasteiger partial charge in [0.05, 0.1) is 0 Å². The Hall–Kier alpha value is -2.33. The van der Waals surface area contributed by atoms with E-state index in [1.165, 1.54) is 25.7 Å². The van der Waals surface area contributed by atoms with E-state index < -0.39 is 5.97 Å². The summed E-state index contributed by atoms with van der Waals surface area (Å²) in [6, 6.07) is 12.3. The van der Waals surface area contributed by atoms with Crippen molar-refractivity contribution in [1.82, 2.24) is 4.57 Å². The maximum atomic E-state index is 11.5. The molecule has 2 heterocycles. The predicted molar refractivity (Wildman–Crippen MR) is 92.2 cm³/mol. The normalized spacial score (nSPS) is 11.7. The first kappa shape index (κ1) is 13.3. The number of aryl methyl sites for hydroxylation is 2. The van der Waals surface area contributed by atoms with Crippen LogP contribution in [0, 0.1) is 6.92 Å². The number of rotatable bonds is 2. The molecule has 0 radical (unpaired) electrons. The van der Waals surface area contributed by atoms with Gasteiger partial charge in [-0.3, -0.25) is 0 Å². The quantitative estimate of drug-likeness (QED) is 0.564. The predicted octanol–water partition coefficient (Wildman–Crippen LogP) is 5.04. The molecule has 0 bridgehead atoms. The molecule has 3 nitrogen and oxygen atoms in total. The van der Waals surface area contributed by atoms with E-state index in [9.17, 15) is 9.90 Å². The number of thiophene rings is 1. The van der Waals surface area contributed by atoms with Gasteiger partial charge in [-0.1, -0.05) is 18.2 Å². The van der Waals surface area contributed by atoms with Gasteiger partial charge < -0.3 is 9.67 Å². The number of hydrogen-bond donors (Lipinski definition) is 1. The average molecular weight is 309 g/mol. The largest absolute Gasteiger partial charge is 0.477 e. The molecule has 0 spiro atoms. The molecule has 0 aliphatic heterocycles. The zero-order chi connectivity index (χ0) is 15.4. The van der Waals surface area contributed by atoms with Gasteiger partial charge >= 0.3 is 5.97 Å². The molecular formula is C18H15NO2S. The molecule has 0 amide bonds. The van der Waals surface area contributed by atoms with E-state index in [0.29, 0.717) is 12.2 Å². The SMILES string of the molecule is CCn1c(C(=O)O)cc2c(C)c3sc4ccccc4c3cc21. The molecule has 2 aromatic heterocycles. The molecule has 4 aromatic rings. The third-order valence-electron chi connectivity index (χ3n) is 4.33. The van der Waals surface area contributed by atoms with Crippen molar-refractivity contribution in [2.75, 3.05) is 0 Å². The number of benzene rings is 2. The summed E-state index contributed by atoms with van der Waals surface area (Å²) in [5.74, 6) is -0.870. The molecule has 0 saturated heterocycles. The summed E-state index contributed by atoms with van der Waals surface area (Å²) >= 11 is 1.78. The number of carboxylic acid groups (broad SMARTS) is 1. The molecule has 0 unspecified atom stereocenters. The van der Waals surface area contributed by atoms with Gasteiger partial charge in [0.2, 0.25) is 0 Å². The van der Waals surface area contributed by atoms with Crippen LogP contribution in [-0.4, -0.2) is 15.6 Å². The zero-order valence-corrected chi connectivity index (χ0v) is 13.2. The first-order valence-electron chi connectivity index (χ1n) is 7.29. The number of aromatic nitrogens is 1. The molecule has 0 aliphatic carbocycles. The molecule has 0 fully saturated rings. The van der Waals surface area contributed by atoms with Crippen molar-refractivity contribution < 1.29 is 9.90 Å². The second-order valence-electron chi connectivity index (χ2n) is 5.49. The van der Waals surface area contributed by atoms with Crippen LogP contribution in [0.1, 0.15) is 23.0 Å². The third kappa shape index (κ3) is 1.64. The van der Waals surface area contributed by atoms with E-state index in [1.807, 2.05) is 11.5 Å². The highest BCUT2D eigenvalue weighted by Gasteiger charge is 2.18. The number of fused-ring (bicyclic) bond motifs is 4. The lowest BCUT2D eigenvalue weighted by molar-refractivity contribution is 0.0686. The maximum Gasteiger partial charge on any atom is 0.352 e. The number of aromatic carboxylic acids is 1. The van der Waals surface area contributed by atoms with Crippen LogP contribution in [0.3, 0.4) is 0 Å². The van der Waals surface area contributed by atoms with Gasteiger partial charge in [0, 0.05) is 37.6 Å². The molecule has 2 aromatic carbocycles. The minimum atomic E-state index is -0.870. The van der Waals surface area contributed by atoms with Crippen LogP contribution >= 0.6 is 11.3 Å². The standard InChI is InChI=1S/C18H15NO2S/c1-3-19-14-9-13-11-6-4-5-7-16(11)22-17(13)10(2)12(14)8-15(19)18(20)21/h4-9H,3H2,1-2H3,(H,20,21). The lowest BCUT2D eigenvalue weighted by atomic mass is 10.1. The molecular weight excluding hydrogens is 294 g/mol. The van der Waals surface area contributed by atoms with Crippen LogP contribution in [-0.2, 0) is 6.54 Å². The Bertz CT molecular complexity index is 1060. The van der Waals surface area contributed by atoms with Gasteiger partial charge in [0.25, 0.3) is 0 Å². The second kappa shape index (κ2) is 4.58. The Balaban J connectivity index is 2.23. The van der Waals surface area contributed by atoms with E-state index in [4.69, 9.17) is 0 Å². The van der Waals surface area contributed by atoms with Gasteiger partial charge in [-0.2, -0.15) is 0 Å². The molecule has 0 aliphatic rings. The van der Waals surface area contributed by atoms with Crippen molar-refractivity contribution >= 4 is 48.4 Å². The second-order valence-corrected chi connectivity index (χ2v) is 6.54. The Morgan fingerprint density at radius 2 is 1.95 bits per heavy atom. The maximum absolute atomic E-state index is 11.5. The molecule has 0 saturated carbocycles. The van der Waals surface area contributed by atoms with Crippen LogP contribution in [0.15, 0.2) is 36.4 Å². The zero-order valence-electron chi connectivity index (χ0n) is 12.4. The lowest BCUT2D eigenvalue weighted by Gasteiger charge is -2.06. The Morgan fingerprint density at radius 3 is 2.68 bits per heavy atom. The minimum Gasteiger partial charge on any atom is -0.477 e. The fourth-order valence-corrected chi connectivity index (χ4v) is 4.48. The Labute approximate surface area is 131 Å². The van der Waals surface area contributed by atoms with Crippen LogP contribution in [0.25, 0.3) is 31.1 Å². The molecule has 0 atom stereocenters. The van der Waals surface area contributed by atoms with Crippen LogP contribution in [0.2, 0.25) is 0 Å². The van der Waals surface area contributed by atoms with E-state index in [1.54, 1.807) is 17.4 Å². The van der Waals surface area contributed by atoms with Gasteiger partial charge in [-0.05, 0) is 37.6 Å². The van der Waals surface area contributed by atoms with E-state index in [2.05, 4.69) is 37.3 Å². The lowest BCUT2D eigenvalue weighted by Crippen LogP contribution is -2.06. The Morgan fingerprint density at radius 1 is 1.18 bits per heavy atom. The molecule has 4 rings (SSSR count). The number of hydrogen-bond acceptors (Lipinski definition) is 2. The number of carbonyl (C=O) groups is 1. The minimum absolute atomic E-state index is 0.363. The van der Waals surface area contributed by atoms with Gasteiger partial charge in [0.15, 0.2) is 0 Å². The summed E-state index contributed by atoms with van der Waals surface area (Å²) in [6.45, 7) is 4.72. The number of nitrogens with zero attached hydrogens (tertiary/aromatic N) is 1. The summed E-state index contributed by atoms with van der Waals surface area (Å²) in [5, 5.41) is 12.9. The van der Waals surface area contributed by atoms with Crippen molar-refractivity contribution in [3.05, 3.63) is 47.7 Å². The molecule has 110 valence electrons. The highest BCUT2D eigenvalue weighted by Crippen LogP contribution is 2.39. The van der Waals surface area contributed by atoms with E-state index in [0.717, 1.165) is 10.9 Å². The van der Waals surface area contributed by atoms with Crippen molar-refractivity contribution in [1.29, 1.82) is 0 Å². The van der Waals surface area contributed by atoms with Crippen molar-refractivity contribution in [3.63, 3.8) is 0 Å². The summed E-state index contributed by atoms with van der Waals surface area (Å²) in [7, 11) is 0. The summed E-state index contributed by atoms with van der Waals surface area (Å²) in [5.41, 5.74) is 2.54. The van der Waals surface area contributed by atoms with Crippen molar-refractivity contribution in [2.24, 2.45) is 0 Å². The van der Waals surface area contributed by atoms with Crippen LogP contribution in [0.4, 0.5) is 0 Å². The average Bonchev–Trinajstić information content (AvgIpc) is 3.06. The summed E-state index contributed by atoms with van der Waals surface area (Å²) < 4.78 is 4.41. The first-order chi connectivity index (χ1) is 10.6. The third-order valence-corrected chi connectivity index (χ3v) is 5.64. The van der Waals surface area contributed by atoms with Crippen LogP contribution < -0.4 is 0 Å². The van der Waals surface area contributed by atoms with Gasteiger partial charge in [-0.15, -0.1) is 11.3 Å².